The summed E-state index contributed by atoms with van der Waals surface area (Å²) in [5.74, 6) is -0.779. The van der Waals surface area contributed by atoms with Crippen molar-refractivity contribution in [1.82, 2.24) is 16.0 Å². The van der Waals surface area contributed by atoms with E-state index in [2.05, 4.69) is 25.7 Å². The fraction of sp³-hybridized carbons (Fsp3) is 0.389. The van der Waals surface area contributed by atoms with Crippen LogP contribution in [0.5, 0.6) is 5.75 Å². The number of rotatable bonds is 6. The highest BCUT2D eigenvalue weighted by Gasteiger charge is 2.34. The first kappa shape index (κ1) is 21.3. The van der Waals surface area contributed by atoms with E-state index in [1.54, 1.807) is 26.8 Å². The normalized spacial score (nSPS) is 18.7. The van der Waals surface area contributed by atoms with Gasteiger partial charge in [0, 0.05) is 19.2 Å². The molecule has 1 heterocycles. The summed E-state index contributed by atoms with van der Waals surface area (Å²) in [6.45, 7) is 4.86. The topological polar surface area (TPSA) is 91.8 Å². The van der Waals surface area contributed by atoms with E-state index in [0.29, 0.717) is 11.1 Å². The van der Waals surface area contributed by atoms with Gasteiger partial charge in [0.25, 0.3) is 5.91 Å². The van der Waals surface area contributed by atoms with E-state index >= 15 is 0 Å². The number of ether oxygens (including phenoxy) is 1. The molecule has 10 heteroatoms. The van der Waals surface area contributed by atoms with Crippen molar-refractivity contribution in [2.75, 3.05) is 0 Å². The number of aliphatic imine (C=N–C) groups is 1. The lowest BCUT2D eigenvalue weighted by Gasteiger charge is -2.30. The van der Waals surface area contributed by atoms with Crippen molar-refractivity contribution in [1.29, 1.82) is 0 Å². The number of hydrogen-bond acceptors (Lipinski definition) is 5. The minimum absolute atomic E-state index is 0.0137. The van der Waals surface area contributed by atoms with Crippen LogP contribution in [0.2, 0.25) is 0 Å². The molecule has 0 saturated carbocycles. The number of amides is 2. The second-order valence-corrected chi connectivity index (χ2v) is 6.43. The number of hydrogen-bond donors (Lipinski definition) is 3. The summed E-state index contributed by atoms with van der Waals surface area (Å²) in [5, 5.41) is 8.11. The van der Waals surface area contributed by atoms with Crippen LogP contribution in [0.15, 0.2) is 35.2 Å². The second-order valence-electron chi connectivity index (χ2n) is 6.43. The molecule has 2 rings (SSSR count). The first-order chi connectivity index (χ1) is 13.0. The van der Waals surface area contributed by atoms with Crippen LogP contribution < -0.4 is 20.7 Å². The molecule has 0 fully saturated rings. The molecule has 1 aromatic rings. The third-order valence-electron chi connectivity index (χ3n) is 3.79. The van der Waals surface area contributed by atoms with E-state index in [1.807, 2.05) is 0 Å². The Morgan fingerprint density at radius 3 is 2.64 bits per heavy atom. The lowest BCUT2D eigenvalue weighted by molar-refractivity contribution is -0.274. The van der Waals surface area contributed by atoms with Gasteiger partial charge in [-0.1, -0.05) is 13.0 Å². The van der Waals surface area contributed by atoms with Gasteiger partial charge in [-0.2, -0.15) is 0 Å². The molecule has 2 amide bonds. The molecular formula is C18H21F3N4O3. The maximum absolute atomic E-state index is 12.6. The van der Waals surface area contributed by atoms with Gasteiger partial charge < -0.3 is 20.7 Å². The van der Waals surface area contributed by atoms with E-state index in [0.717, 1.165) is 0 Å². The number of carbonyl (C=O) groups excluding carboxylic acids is 2. The zero-order valence-corrected chi connectivity index (χ0v) is 15.6. The second kappa shape index (κ2) is 8.32. The van der Waals surface area contributed by atoms with E-state index < -0.39 is 17.8 Å². The minimum Gasteiger partial charge on any atom is -0.406 e. The lowest BCUT2D eigenvalue weighted by atomic mass is 10.0. The Hall–Kier alpha value is -3.04. The van der Waals surface area contributed by atoms with Crippen LogP contribution in [0.4, 0.5) is 13.2 Å². The maximum atomic E-state index is 12.6. The molecule has 0 saturated heterocycles. The predicted octanol–water partition coefficient (Wildman–Crippen LogP) is 2.27. The number of nitrogens with one attached hydrogen (secondary N) is 3. The number of benzene rings is 1. The highest BCUT2D eigenvalue weighted by molar-refractivity contribution is 6.03. The maximum Gasteiger partial charge on any atom is 0.573 e. The molecule has 1 unspecified atom stereocenters. The lowest BCUT2D eigenvalue weighted by Crippen LogP contribution is -2.58. The van der Waals surface area contributed by atoms with Crippen LogP contribution >= 0.6 is 0 Å². The van der Waals surface area contributed by atoms with Crippen molar-refractivity contribution in [3.05, 3.63) is 41.3 Å². The molecule has 1 aliphatic heterocycles. The van der Waals surface area contributed by atoms with Crippen LogP contribution in [0, 0.1) is 6.92 Å². The molecule has 1 aliphatic rings. The third-order valence-corrected chi connectivity index (χ3v) is 3.79. The number of carbonyl (C=O) groups is 2. The number of nitrogens with zero attached hydrogens (tertiary/aromatic N) is 1. The van der Waals surface area contributed by atoms with Crippen molar-refractivity contribution < 1.29 is 27.5 Å². The monoisotopic (exact) mass is 398 g/mol. The number of halogens is 3. The molecule has 152 valence electrons. The predicted molar refractivity (Wildman–Crippen MR) is 96.3 cm³/mol. The van der Waals surface area contributed by atoms with Crippen molar-refractivity contribution in [2.45, 2.75) is 45.6 Å². The molecule has 1 aromatic carbocycles. The minimum atomic E-state index is -4.80. The van der Waals surface area contributed by atoms with Gasteiger partial charge in [0.15, 0.2) is 5.54 Å². The van der Waals surface area contributed by atoms with Crippen molar-refractivity contribution >= 4 is 18.0 Å². The fourth-order valence-corrected chi connectivity index (χ4v) is 2.51. The first-order valence-electron chi connectivity index (χ1n) is 8.48. The summed E-state index contributed by atoms with van der Waals surface area (Å²) in [6, 6.07) is 4.10. The van der Waals surface area contributed by atoms with Crippen LogP contribution in [0.3, 0.4) is 0 Å². The Bertz CT molecular complexity index is 821. The Labute approximate surface area is 160 Å². The largest absolute Gasteiger partial charge is 0.573 e. The Morgan fingerprint density at radius 1 is 1.29 bits per heavy atom. The third kappa shape index (κ3) is 6.00. The van der Waals surface area contributed by atoms with Gasteiger partial charge in [-0.15, -0.1) is 13.2 Å². The first-order valence-corrected chi connectivity index (χ1v) is 8.48. The summed E-state index contributed by atoms with van der Waals surface area (Å²) >= 11 is 0. The summed E-state index contributed by atoms with van der Waals surface area (Å²) in [4.78, 5) is 28.0. The Balaban J connectivity index is 2.03. The average Bonchev–Trinajstić information content (AvgIpc) is 2.57. The van der Waals surface area contributed by atoms with Crippen LogP contribution in [0.1, 0.15) is 31.4 Å². The highest BCUT2D eigenvalue weighted by Crippen LogP contribution is 2.25. The Kier molecular flexibility index (Phi) is 6.32. The van der Waals surface area contributed by atoms with Crippen LogP contribution in [-0.2, 0) is 16.1 Å². The molecule has 0 spiro atoms. The fourth-order valence-electron chi connectivity index (χ4n) is 2.51. The van der Waals surface area contributed by atoms with Gasteiger partial charge in [0.2, 0.25) is 5.91 Å². The molecule has 0 aliphatic carbocycles. The Morgan fingerprint density at radius 2 is 2.00 bits per heavy atom. The van der Waals surface area contributed by atoms with Gasteiger partial charge >= 0.3 is 6.36 Å². The zero-order chi connectivity index (χ0) is 20.9. The van der Waals surface area contributed by atoms with Crippen LogP contribution in [-0.4, -0.2) is 29.9 Å². The summed E-state index contributed by atoms with van der Waals surface area (Å²) in [7, 11) is 0. The molecule has 0 aromatic heterocycles. The zero-order valence-electron chi connectivity index (χ0n) is 15.6. The van der Waals surface area contributed by atoms with Gasteiger partial charge in [-0.3, -0.25) is 14.6 Å². The van der Waals surface area contributed by atoms with Gasteiger partial charge in [-0.25, -0.2) is 0 Å². The molecule has 0 bridgehead atoms. The molecule has 28 heavy (non-hydrogen) atoms. The van der Waals surface area contributed by atoms with Crippen molar-refractivity contribution in [2.24, 2.45) is 4.99 Å². The SMILES string of the molecule is CCC(=O)NC1=CN=CC(C)(C(=O)NCc2cc(C)cc(OC(F)(F)F)c2)N1. The molecule has 3 N–H and O–H groups in total. The summed E-state index contributed by atoms with van der Waals surface area (Å²) in [6.07, 6.45) is -1.78. The van der Waals surface area contributed by atoms with E-state index in [-0.39, 0.29) is 30.4 Å². The number of alkyl halides is 3. The number of aryl methyl sites for hydroxylation is 1. The van der Waals surface area contributed by atoms with Crippen LogP contribution in [0.25, 0.3) is 0 Å². The van der Waals surface area contributed by atoms with E-state index in [4.69, 9.17) is 0 Å². The molecule has 7 nitrogen and oxygen atoms in total. The standard InChI is InChI=1S/C18H21F3N4O3/c1-4-15(26)24-14-9-22-10-17(3,25-14)16(27)23-8-12-5-11(2)6-13(7-12)28-18(19,20)21/h5-7,9-10,25H,4,8H2,1-3H3,(H,23,27)(H,24,26). The van der Waals surface area contributed by atoms with Gasteiger partial charge in [0.05, 0.1) is 6.20 Å². The summed E-state index contributed by atoms with van der Waals surface area (Å²) in [5.41, 5.74) is -0.235. The smallest absolute Gasteiger partial charge is 0.406 e. The molecule has 0 radical (unpaired) electrons. The molecular weight excluding hydrogens is 377 g/mol. The summed E-state index contributed by atoms with van der Waals surface area (Å²) < 4.78 is 41.2. The highest BCUT2D eigenvalue weighted by atomic mass is 19.4. The van der Waals surface area contributed by atoms with Crippen molar-refractivity contribution in [3.63, 3.8) is 0 Å². The van der Waals surface area contributed by atoms with Crippen molar-refractivity contribution in [3.8, 4) is 5.75 Å². The van der Waals surface area contributed by atoms with E-state index in [1.165, 1.54) is 24.5 Å². The molecule has 1 atom stereocenters. The average molecular weight is 398 g/mol. The van der Waals surface area contributed by atoms with Gasteiger partial charge in [0.1, 0.15) is 11.6 Å². The van der Waals surface area contributed by atoms with Gasteiger partial charge in [-0.05, 0) is 37.1 Å². The quantitative estimate of drug-likeness (QED) is 0.686. The van der Waals surface area contributed by atoms with E-state index in [9.17, 15) is 22.8 Å².